The number of hydrogen-bond donors (Lipinski definition) is 1. The van der Waals surface area contributed by atoms with Crippen LogP contribution in [0.2, 0.25) is 0 Å². The number of benzene rings is 1. The highest BCUT2D eigenvalue weighted by molar-refractivity contribution is 9.10. The van der Waals surface area contributed by atoms with Gasteiger partial charge < -0.3 is 5.73 Å². The van der Waals surface area contributed by atoms with Crippen molar-refractivity contribution >= 4 is 21.6 Å². The second-order valence-electron chi connectivity index (χ2n) is 3.02. The van der Waals surface area contributed by atoms with Crippen LogP contribution in [0.15, 0.2) is 47.2 Å². The lowest BCUT2D eigenvalue weighted by molar-refractivity contribution is 1.33. The smallest absolute Gasteiger partial charge is 0.0506 e. The normalized spacial score (nSPS) is 10.1. The molecule has 2 rings (SSSR count). The van der Waals surface area contributed by atoms with E-state index in [0.29, 0.717) is 5.69 Å². The molecule has 0 aliphatic carbocycles. The van der Waals surface area contributed by atoms with Crippen molar-refractivity contribution < 1.29 is 0 Å². The van der Waals surface area contributed by atoms with Crippen molar-refractivity contribution in [2.45, 2.75) is 0 Å². The van der Waals surface area contributed by atoms with Crippen LogP contribution in [0.25, 0.3) is 11.1 Å². The first-order valence-electron chi connectivity index (χ1n) is 4.22. The minimum absolute atomic E-state index is 0.683. The molecule has 1 aromatic carbocycles. The summed E-state index contributed by atoms with van der Waals surface area (Å²) in [6.07, 6.45) is 3.44. The number of aromatic nitrogens is 1. The molecule has 70 valence electrons. The van der Waals surface area contributed by atoms with Gasteiger partial charge in [0.25, 0.3) is 0 Å². The van der Waals surface area contributed by atoms with E-state index in [1.807, 2.05) is 30.3 Å². The highest BCUT2D eigenvalue weighted by Crippen LogP contribution is 2.23. The fourth-order valence-corrected chi connectivity index (χ4v) is 1.68. The van der Waals surface area contributed by atoms with E-state index in [1.165, 1.54) is 0 Å². The Hall–Kier alpha value is -1.35. The van der Waals surface area contributed by atoms with Crippen molar-refractivity contribution in [3.63, 3.8) is 0 Å². The minimum Gasteiger partial charge on any atom is -0.397 e. The highest BCUT2D eigenvalue weighted by atomic mass is 79.9. The van der Waals surface area contributed by atoms with Gasteiger partial charge in [-0.15, -0.1) is 0 Å². The molecule has 0 fully saturated rings. The highest BCUT2D eigenvalue weighted by Gasteiger charge is 1.98. The third-order valence-electron chi connectivity index (χ3n) is 1.92. The molecule has 2 aromatic rings. The number of nitrogens with two attached hydrogens (primary N) is 1. The molecule has 0 saturated heterocycles. The summed E-state index contributed by atoms with van der Waals surface area (Å²) in [4.78, 5) is 4.05. The molecular formula is C11H9BrN2. The van der Waals surface area contributed by atoms with Crippen molar-refractivity contribution in [3.05, 3.63) is 47.2 Å². The molecule has 0 atom stereocenters. The lowest BCUT2D eigenvalue weighted by Gasteiger charge is -2.02. The van der Waals surface area contributed by atoms with Crippen LogP contribution in [0.5, 0.6) is 0 Å². The number of rotatable bonds is 1. The zero-order valence-corrected chi connectivity index (χ0v) is 9.03. The third kappa shape index (κ3) is 1.93. The van der Waals surface area contributed by atoms with E-state index >= 15 is 0 Å². The Morgan fingerprint density at radius 2 is 1.93 bits per heavy atom. The fourth-order valence-electron chi connectivity index (χ4n) is 1.28. The summed E-state index contributed by atoms with van der Waals surface area (Å²) in [6, 6.07) is 9.96. The molecule has 2 N–H and O–H groups in total. The second-order valence-corrected chi connectivity index (χ2v) is 3.93. The Kier molecular flexibility index (Phi) is 2.50. The zero-order chi connectivity index (χ0) is 9.97. The maximum Gasteiger partial charge on any atom is 0.0506 e. The van der Waals surface area contributed by atoms with Crippen LogP contribution in [0, 0.1) is 0 Å². The number of anilines is 1. The summed E-state index contributed by atoms with van der Waals surface area (Å²) >= 11 is 3.43. The van der Waals surface area contributed by atoms with Gasteiger partial charge in [-0.25, -0.2) is 0 Å². The van der Waals surface area contributed by atoms with Crippen LogP contribution >= 0.6 is 15.9 Å². The van der Waals surface area contributed by atoms with Gasteiger partial charge in [-0.1, -0.05) is 28.1 Å². The SMILES string of the molecule is Nc1cncc(-c2cccc(Br)c2)c1. The first-order valence-corrected chi connectivity index (χ1v) is 5.01. The standard InChI is InChI=1S/C11H9BrN2/c12-10-3-1-2-8(4-10)9-5-11(13)7-14-6-9/h1-7H,13H2. The second kappa shape index (κ2) is 3.80. The van der Waals surface area contributed by atoms with E-state index in [1.54, 1.807) is 12.4 Å². The number of nitrogens with zero attached hydrogens (tertiary/aromatic N) is 1. The molecule has 14 heavy (non-hydrogen) atoms. The summed E-state index contributed by atoms with van der Waals surface area (Å²) in [7, 11) is 0. The van der Waals surface area contributed by atoms with Gasteiger partial charge >= 0.3 is 0 Å². The van der Waals surface area contributed by atoms with Gasteiger partial charge in [-0.3, -0.25) is 4.98 Å². The Bertz CT molecular complexity index is 411. The van der Waals surface area contributed by atoms with Gasteiger partial charge in [0.05, 0.1) is 5.69 Å². The Morgan fingerprint density at radius 1 is 1.07 bits per heavy atom. The first kappa shape index (κ1) is 9.21. The summed E-state index contributed by atoms with van der Waals surface area (Å²) in [5.74, 6) is 0. The molecular weight excluding hydrogens is 240 g/mol. The molecule has 3 heteroatoms. The van der Waals surface area contributed by atoms with Gasteiger partial charge in [0.2, 0.25) is 0 Å². The van der Waals surface area contributed by atoms with Crippen LogP contribution in [-0.2, 0) is 0 Å². The number of pyridine rings is 1. The molecule has 1 heterocycles. The molecule has 0 radical (unpaired) electrons. The number of hydrogen-bond acceptors (Lipinski definition) is 2. The lowest BCUT2D eigenvalue weighted by atomic mass is 10.1. The van der Waals surface area contributed by atoms with E-state index in [0.717, 1.165) is 15.6 Å². The maximum absolute atomic E-state index is 5.66. The Morgan fingerprint density at radius 3 is 2.64 bits per heavy atom. The molecule has 0 aliphatic heterocycles. The molecule has 2 nitrogen and oxygen atoms in total. The zero-order valence-electron chi connectivity index (χ0n) is 7.44. The van der Waals surface area contributed by atoms with Gasteiger partial charge in [0.15, 0.2) is 0 Å². The number of nitrogen functional groups attached to an aromatic ring is 1. The molecule has 0 aliphatic rings. The Labute approximate surface area is 90.9 Å². The maximum atomic E-state index is 5.66. The molecule has 0 amide bonds. The van der Waals surface area contributed by atoms with Crippen LogP contribution in [0.1, 0.15) is 0 Å². The van der Waals surface area contributed by atoms with E-state index < -0.39 is 0 Å². The summed E-state index contributed by atoms with van der Waals surface area (Å²) in [5.41, 5.74) is 8.49. The fraction of sp³-hybridized carbons (Fsp3) is 0. The quantitative estimate of drug-likeness (QED) is 0.843. The van der Waals surface area contributed by atoms with E-state index in [-0.39, 0.29) is 0 Å². The summed E-state index contributed by atoms with van der Waals surface area (Å²) in [6.45, 7) is 0. The largest absolute Gasteiger partial charge is 0.397 e. The summed E-state index contributed by atoms with van der Waals surface area (Å²) < 4.78 is 1.05. The van der Waals surface area contributed by atoms with Crippen molar-refractivity contribution in [1.29, 1.82) is 0 Å². The van der Waals surface area contributed by atoms with Crippen LogP contribution < -0.4 is 5.73 Å². The monoisotopic (exact) mass is 248 g/mol. The first-order chi connectivity index (χ1) is 6.75. The minimum atomic E-state index is 0.683. The van der Waals surface area contributed by atoms with E-state index in [9.17, 15) is 0 Å². The van der Waals surface area contributed by atoms with Crippen molar-refractivity contribution in [2.75, 3.05) is 5.73 Å². The third-order valence-corrected chi connectivity index (χ3v) is 2.41. The average Bonchev–Trinajstić information content (AvgIpc) is 2.18. The van der Waals surface area contributed by atoms with Gasteiger partial charge in [0.1, 0.15) is 0 Å². The van der Waals surface area contributed by atoms with Crippen LogP contribution in [0.3, 0.4) is 0 Å². The average molecular weight is 249 g/mol. The van der Waals surface area contributed by atoms with E-state index in [2.05, 4.69) is 20.9 Å². The lowest BCUT2D eigenvalue weighted by Crippen LogP contribution is -1.87. The molecule has 0 unspecified atom stereocenters. The van der Waals surface area contributed by atoms with Gasteiger partial charge in [0, 0.05) is 22.4 Å². The van der Waals surface area contributed by atoms with Gasteiger partial charge in [-0.2, -0.15) is 0 Å². The van der Waals surface area contributed by atoms with Crippen molar-refractivity contribution in [1.82, 2.24) is 4.98 Å². The summed E-state index contributed by atoms with van der Waals surface area (Å²) in [5, 5.41) is 0. The topological polar surface area (TPSA) is 38.9 Å². The molecule has 0 spiro atoms. The Balaban J connectivity index is 2.49. The predicted octanol–water partition coefficient (Wildman–Crippen LogP) is 3.09. The van der Waals surface area contributed by atoms with E-state index in [4.69, 9.17) is 5.73 Å². The van der Waals surface area contributed by atoms with Crippen LogP contribution in [0.4, 0.5) is 5.69 Å². The molecule has 0 bridgehead atoms. The molecule has 0 saturated carbocycles. The van der Waals surface area contributed by atoms with Crippen molar-refractivity contribution in [3.8, 4) is 11.1 Å². The van der Waals surface area contributed by atoms with Crippen molar-refractivity contribution in [2.24, 2.45) is 0 Å². The number of halogens is 1. The molecule has 1 aromatic heterocycles. The predicted molar refractivity (Wildman–Crippen MR) is 61.8 cm³/mol. The van der Waals surface area contributed by atoms with Gasteiger partial charge in [-0.05, 0) is 23.8 Å². The van der Waals surface area contributed by atoms with Crippen LogP contribution in [-0.4, -0.2) is 4.98 Å².